The smallest absolute Gasteiger partial charge is 0.384 e. The van der Waals surface area contributed by atoms with Crippen molar-refractivity contribution < 1.29 is 9.66 Å². The molecule has 1 aliphatic heterocycles. The van der Waals surface area contributed by atoms with Crippen LogP contribution in [-0.4, -0.2) is 41.3 Å². The fraction of sp³-hybridized carbons (Fsp3) is 0.727. The standard InChI is InChI=1S/C11H18N4O3/c1-13-8-12-10(15(16)17)11(13)14-5-3-9(4-6-14)7-18-2/h8-9H,3-7H2,1-2H3. The lowest BCUT2D eigenvalue weighted by molar-refractivity contribution is -0.388. The Labute approximate surface area is 106 Å². The number of methoxy groups -OCH3 is 1. The highest BCUT2D eigenvalue weighted by molar-refractivity contribution is 5.54. The van der Waals surface area contributed by atoms with Gasteiger partial charge in [-0.1, -0.05) is 0 Å². The third kappa shape index (κ3) is 2.45. The van der Waals surface area contributed by atoms with Crippen LogP contribution >= 0.6 is 0 Å². The molecule has 2 heterocycles. The molecule has 1 saturated heterocycles. The summed E-state index contributed by atoms with van der Waals surface area (Å²) in [6, 6.07) is 0. The minimum absolute atomic E-state index is 0.0531. The molecule has 0 aromatic carbocycles. The molecule has 1 aliphatic rings. The largest absolute Gasteiger partial charge is 0.406 e. The lowest BCUT2D eigenvalue weighted by atomic mass is 9.98. The molecule has 0 spiro atoms. The van der Waals surface area contributed by atoms with Gasteiger partial charge in [-0.3, -0.25) is 4.57 Å². The number of rotatable bonds is 4. The Kier molecular flexibility index (Phi) is 3.81. The van der Waals surface area contributed by atoms with Crippen LogP contribution in [0.25, 0.3) is 0 Å². The van der Waals surface area contributed by atoms with Gasteiger partial charge >= 0.3 is 5.82 Å². The molecule has 100 valence electrons. The normalized spacial score (nSPS) is 17.1. The first kappa shape index (κ1) is 12.8. The number of nitro groups is 1. The van der Waals surface area contributed by atoms with Gasteiger partial charge in [0.15, 0.2) is 0 Å². The van der Waals surface area contributed by atoms with Crippen LogP contribution in [0.2, 0.25) is 0 Å². The summed E-state index contributed by atoms with van der Waals surface area (Å²) in [7, 11) is 3.49. The zero-order valence-electron chi connectivity index (χ0n) is 10.7. The van der Waals surface area contributed by atoms with Gasteiger partial charge < -0.3 is 19.8 Å². The molecule has 1 aromatic heterocycles. The average molecular weight is 254 g/mol. The fourth-order valence-electron chi connectivity index (χ4n) is 2.45. The van der Waals surface area contributed by atoms with E-state index in [1.165, 1.54) is 6.33 Å². The second-order valence-corrected chi connectivity index (χ2v) is 4.65. The van der Waals surface area contributed by atoms with E-state index >= 15 is 0 Å². The Bertz CT molecular complexity index is 424. The first-order valence-corrected chi connectivity index (χ1v) is 6.03. The number of aryl methyl sites for hydroxylation is 1. The van der Waals surface area contributed by atoms with Gasteiger partial charge in [-0.2, -0.15) is 0 Å². The molecule has 7 nitrogen and oxygen atoms in total. The van der Waals surface area contributed by atoms with Crippen LogP contribution in [0.15, 0.2) is 6.33 Å². The number of hydrogen-bond donors (Lipinski definition) is 0. The van der Waals surface area contributed by atoms with E-state index in [1.54, 1.807) is 18.7 Å². The summed E-state index contributed by atoms with van der Waals surface area (Å²) in [5.74, 6) is 1.11. The third-order valence-electron chi connectivity index (χ3n) is 3.38. The minimum Gasteiger partial charge on any atom is -0.384 e. The van der Waals surface area contributed by atoms with E-state index in [0.717, 1.165) is 32.5 Å². The first-order chi connectivity index (χ1) is 8.63. The molecule has 0 amide bonds. The predicted molar refractivity (Wildman–Crippen MR) is 66.7 cm³/mol. The van der Waals surface area contributed by atoms with E-state index in [-0.39, 0.29) is 5.82 Å². The zero-order chi connectivity index (χ0) is 13.1. The molecular weight excluding hydrogens is 236 g/mol. The lowest BCUT2D eigenvalue weighted by Crippen LogP contribution is -2.36. The highest BCUT2D eigenvalue weighted by Crippen LogP contribution is 2.29. The summed E-state index contributed by atoms with van der Waals surface area (Å²) >= 11 is 0. The van der Waals surface area contributed by atoms with Gasteiger partial charge in [-0.25, -0.2) is 0 Å². The van der Waals surface area contributed by atoms with Gasteiger partial charge in [0, 0.05) is 33.9 Å². The molecule has 7 heteroatoms. The number of imidazole rings is 1. The molecule has 0 radical (unpaired) electrons. The van der Waals surface area contributed by atoms with Crippen LogP contribution in [0, 0.1) is 16.0 Å². The number of piperidine rings is 1. The van der Waals surface area contributed by atoms with Crippen molar-refractivity contribution in [3.05, 3.63) is 16.4 Å². The van der Waals surface area contributed by atoms with Crippen LogP contribution in [0.4, 0.5) is 11.6 Å². The molecule has 0 N–H and O–H groups in total. The topological polar surface area (TPSA) is 73.4 Å². The van der Waals surface area contributed by atoms with Crippen molar-refractivity contribution in [1.29, 1.82) is 0 Å². The maximum absolute atomic E-state index is 10.9. The van der Waals surface area contributed by atoms with Crippen LogP contribution in [0.1, 0.15) is 12.8 Å². The number of hydrogen-bond acceptors (Lipinski definition) is 5. The second-order valence-electron chi connectivity index (χ2n) is 4.65. The number of nitrogens with zero attached hydrogens (tertiary/aromatic N) is 4. The summed E-state index contributed by atoms with van der Waals surface area (Å²) in [6.07, 6.45) is 3.49. The third-order valence-corrected chi connectivity index (χ3v) is 3.38. The monoisotopic (exact) mass is 254 g/mol. The minimum atomic E-state index is -0.420. The maximum Gasteiger partial charge on any atom is 0.406 e. The molecule has 2 rings (SSSR count). The van der Waals surface area contributed by atoms with Gasteiger partial charge in [0.2, 0.25) is 12.1 Å². The van der Waals surface area contributed by atoms with E-state index in [2.05, 4.69) is 4.98 Å². The predicted octanol–water partition coefficient (Wildman–Crippen LogP) is 1.19. The quantitative estimate of drug-likeness (QED) is 0.596. The molecule has 1 aromatic rings. The van der Waals surface area contributed by atoms with E-state index < -0.39 is 4.92 Å². The van der Waals surface area contributed by atoms with Crippen molar-refractivity contribution in [3.8, 4) is 0 Å². The van der Waals surface area contributed by atoms with Gasteiger partial charge in [0.1, 0.15) is 0 Å². The first-order valence-electron chi connectivity index (χ1n) is 6.03. The number of aromatic nitrogens is 2. The average Bonchev–Trinajstić information content (AvgIpc) is 2.73. The Morgan fingerprint density at radius 1 is 1.56 bits per heavy atom. The van der Waals surface area contributed by atoms with Crippen molar-refractivity contribution in [1.82, 2.24) is 9.55 Å². The molecule has 0 bridgehead atoms. The summed E-state index contributed by atoms with van der Waals surface area (Å²) < 4.78 is 6.87. The van der Waals surface area contributed by atoms with Gasteiger partial charge in [0.25, 0.3) is 0 Å². The van der Waals surface area contributed by atoms with Crippen LogP contribution in [0.5, 0.6) is 0 Å². The molecule has 0 saturated carbocycles. The Morgan fingerprint density at radius 3 is 2.78 bits per heavy atom. The molecule has 18 heavy (non-hydrogen) atoms. The summed E-state index contributed by atoms with van der Waals surface area (Å²) in [5.41, 5.74) is 0. The zero-order valence-corrected chi connectivity index (χ0v) is 10.7. The SMILES string of the molecule is COCC1CCN(c2c([N+](=O)[O-])ncn2C)CC1. The lowest BCUT2D eigenvalue weighted by Gasteiger charge is -2.32. The van der Waals surface area contributed by atoms with Crippen LogP contribution in [0.3, 0.4) is 0 Å². The van der Waals surface area contributed by atoms with E-state index in [4.69, 9.17) is 4.74 Å². The van der Waals surface area contributed by atoms with Crippen molar-refractivity contribution in [3.63, 3.8) is 0 Å². The van der Waals surface area contributed by atoms with Gasteiger partial charge in [0.05, 0.1) is 0 Å². The Balaban J connectivity index is 2.09. The molecule has 0 unspecified atom stereocenters. The van der Waals surface area contributed by atoms with Crippen LogP contribution < -0.4 is 4.90 Å². The van der Waals surface area contributed by atoms with Gasteiger partial charge in [-0.05, 0) is 28.7 Å². The van der Waals surface area contributed by atoms with Crippen molar-refractivity contribution in [2.45, 2.75) is 12.8 Å². The van der Waals surface area contributed by atoms with Crippen molar-refractivity contribution in [2.75, 3.05) is 31.7 Å². The molecule has 0 aliphatic carbocycles. The molecular formula is C11H18N4O3. The van der Waals surface area contributed by atoms with E-state index in [1.807, 2.05) is 4.90 Å². The molecule has 1 fully saturated rings. The second kappa shape index (κ2) is 5.34. The summed E-state index contributed by atoms with van der Waals surface area (Å²) in [4.78, 5) is 16.4. The van der Waals surface area contributed by atoms with Crippen molar-refractivity contribution >= 4 is 11.6 Å². The molecule has 0 atom stereocenters. The Hall–Kier alpha value is -1.63. The number of ether oxygens (including phenoxy) is 1. The van der Waals surface area contributed by atoms with Gasteiger partial charge in [-0.15, -0.1) is 0 Å². The number of anilines is 1. The maximum atomic E-state index is 10.9. The highest BCUT2D eigenvalue weighted by Gasteiger charge is 2.28. The van der Waals surface area contributed by atoms with Crippen molar-refractivity contribution in [2.24, 2.45) is 13.0 Å². The Morgan fingerprint density at radius 2 is 2.22 bits per heavy atom. The summed E-state index contributed by atoms with van der Waals surface area (Å²) in [6.45, 7) is 2.39. The van der Waals surface area contributed by atoms with E-state index in [0.29, 0.717) is 11.7 Å². The van der Waals surface area contributed by atoms with Crippen LogP contribution in [-0.2, 0) is 11.8 Å². The van der Waals surface area contributed by atoms with E-state index in [9.17, 15) is 10.1 Å². The highest BCUT2D eigenvalue weighted by atomic mass is 16.6. The summed E-state index contributed by atoms with van der Waals surface area (Å²) in [5, 5.41) is 10.9. The fourth-order valence-corrected chi connectivity index (χ4v) is 2.45.